The average Bonchev–Trinajstić information content (AvgIpc) is 2.87. The minimum absolute atomic E-state index is 0.129. The van der Waals surface area contributed by atoms with Crippen molar-refractivity contribution in [2.75, 3.05) is 6.54 Å². The van der Waals surface area contributed by atoms with Crippen LogP contribution in [0.15, 0.2) is 102 Å². The first-order valence-electron chi connectivity index (χ1n) is 11.9. The maximum Gasteiger partial charge on any atom is 0.253 e. The van der Waals surface area contributed by atoms with Crippen LogP contribution in [0.5, 0.6) is 0 Å². The summed E-state index contributed by atoms with van der Waals surface area (Å²) in [5.74, 6) is -0.129. The fourth-order valence-corrected chi connectivity index (χ4v) is 4.79. The number of aliphatic imine (C=N–C) groups is 1. The Morgan fingerprint density at radius 3 is 2.46 bits per heavy atom. The first-order chi connectivity index (χ1) is 16.9. The summed E-state index contributed by atoms with van der Waals surface area (Å²) in [6.07, 6.45) is 5.59. The Morgan fingerprint density at radius 2 is 1.71 bits per heavy atom. The lowest BCUT2D eigenvalue weighted by molar-refractivity contribution is -0.117. The molecule has 0 spiro atoms. The van der Waals surface area contributed by atoms with Crippen molar-refractivity contribution < 1.29 is 4.79 Å². The van der Waals surface area contributed by atoms with Crippen LogP contribution in [0.3, 0.4) is 0 Å². The fraction of sp³-hybridized carbons (Fsp3) is 0.194. The van der Waals surface area contributed by atoms with E-state index in [1.54, 1.807) is 12.4 Å². The number of fused-ring (bicyclic) bond motifs is 1. The zero-order valence-electron chi connectivity index (χ0n) is 20.4. The van der Waals surface area contributed by atoms with Gasteiger partial charge in [0.1, 0.15) is 0 Å². The Labute approximate surface area is 206 Å². The summed E-state index contributed by atoms with van der Waals surface area (Å²) in [6, 6.07) is 24.9. The van der Waals surface area contributed by atoms with E-state index < -0.39 is 0 Å². The Kier molecular flexibility index (Phi) is 6.04. The summed E-state index contributed by atoms with van der Waals surface area (Å²) in [5.41, 5.74) is 6.40. The van der Waals surface area contributed by atoms with E-state index >= 15 is 0 Å². The molecule has 1 aromatic heterocycles. The first kappa shape index (κ1) is 22.7. The normalized spacial score (nSPS) is 17.6. The van der Waals surface area contributed by atoms with Gasteiger partial charge in [0.25, 0.3) is 5.91 Å². The van der Waals surface area contributed by atoms with Crippen LogP contribution in [0.1, 0.15) is 34.7 Å². The number of dihydropyridines is 1. The number of aryl methyl sites for hydroxylation is 2. The Balaban J connectivity index is 1.47. The molecule has 0 fully saturated rings. The van der Waals surface area contributed by atoms with E-state index in [2.05, 4.69) is 85.7 Å². The number of rotatable bonds is 5. The number of benzene rings is 3. The van der Waals surface area contributed by atoms with Crippen LogP contribution in [0, 0.1) is 13.8 Å². The zero-order chi connectivity index (χ0) is 24.4. The van der Waals surface area contributed by atoms with Crippen LogP contribution in [-0.4, -0.2) is 23.1 Å². The summed E-state index contributed by atoms with van der Waals surface area (Å²) in [5, 5.41) is 5.49. The number of hydrogen-bond donors (Lipinski definition) is 1. The van der Waals surface area contributed by atoms with Crippen LogP contribution >= 0.6 is 0 Å². The van der Waals surface area contributed by atoms with Crippen molar-refractivity contribution in [2.24, 2.45) is 4.99 Å². The van der Waals surface area contributed by atoms with Gasteiger partial charge in [-0.25, -0.2) is 0 Å². The van der Waals surface area contributed by atoms with E-state index in [1.165, 1.54) is 22.1 Å². The summed E-state index contributed by atoms with van der Waals surface area (Å²) < 4.78 is 0. The van der Waals surface area contributed by atoms with Crippen molar-refractivity contribution in [3.8, 4) is 0 Å². The van der Waals surface area contributed by atoms with E-state index in [4.69, 9.17) is 4.99 Å². The molecule has 2 heterocycles. The van der Waals surface area contributed by atoms with Crippen LogP contribution in [-0.2, 0) is 16.8 Å². The molecule has 0 radical (unpaired) electrons. The third-order valence-electron chi connectivity index (χ3n) is 6.61. The molecular formula is C31H29N3O. The second-order valence-corrected chi connectivity index (χ2v) is 9.62. The predicted octanol–water partition coefficient (Wildman–Crippen LogP) is 5.86. The van der Waals surface area contributed by atoms with Crippen LogP contribution in [0.2, 0.25) is 0 Å². The van der Waals surface area contributed by atoms with Crippen molar-refractivity contribution in [2.45, 2.75) is 32.7 Å². The van der Waals surface area contributed by atoms with E-state index in [9.17, 15) is 4.79 Å². The highest BCUT2D eigenvalue weighted by molar-refractivity contribution is 6.28. The lowest BCUT2D eigenvalue weighted by atomic mass is 9.77. The quantitative estimate of drug-likeness (QED) is 0.407. The molecule has 1 atom stereocenters. The fourth-order valence-electron chi connectivity index (χ4n) is 4.79. The van der Waals surface area contributed by atoms with Gasteiger partial charge in [-0.15, -0.1) is 0 Å². The maximum absolute atomic E-state index is 13.6. The summed E-state index contributed by atoms with van der Waals surface area (Å²) in [6.45, 7) is 7.38. The second-order valence-electron chi connectivity index (χ2n) is 9.62. The van der Waals surface area contributed by atoms with Crippen molar-refractivity contribution in [1.82, 2.24) is 10.3 Å². The van der Waals surface area contributed by atoms with Crippen LogP contribution < -0.4 is 5.32 Å². The molecule has 5 rings (SSSR count). The number of carbonyl (C=O) groups excluding carboxylic acids is 1. The van der Waals surface area contributed by atoms with Gasteiger partial charge in [-0.2, -0.15) is 0 Å². The standard InChI is InChI=1S/C31H29N3O/c1-21-13-22(2)15-27(14-21)31(3)17-28(29(34-20-31)26-9-6-12-32-19-26)30(35)33-18-23-10-11-24-7-4-5-8-25(24)16-23/h4-17,19H,18,20H2,1-3H3,(H,33,35). The summed E-state index contributed by atoms with van der Waals surface area (Å²) in [7, 11) is 0. The number of aromatic nitrogens is 1. The third kappa shape index (κ3) is 4.78. The van der Waals surface area contributed by atoms with E-state index in [0.29, 0.717) is 24.4 Å². The van der Waals surface area contributed by atoms with Crippen molar-refractivity contribution in [1.29, 1.82) is 0 Å². The molecule has 35 heavy (non-hydrogen) atoms. The minimum atomic E-state index is -0.377. The van der Waals surface area contributed by atoms with Gasteiger partial charge in [-0.3, -0.25) is 14.8 Å². The zero-order valence-corrected chi connectivity index (χ0v) is 20.4. The van der Waals surface area contributed by atoms with Gasteiger partial charge < -0.3 is 5.32 Å². The molecule has 4 heteroatoms. The van der Waals surface area contributed by atoms with Gasteiger partial charge in [0.05, 0.1) is 17.8 Å². The Hall–Kier alpha value is -4.05. The molecule has 4 nitrogen and oxygen atoms in total. The third-order valence-corrected chi connectivity index (χ3v) is 6.61. The SMILES string of the molecule is Cc1cc(C)cc(C2(C)C=C(C(=O)NCc3ccc4ccccc4c3)C(c3cccnc3)=NC2)c1. The molecule has 0 saturated carbocycles. The lowest BCUT2D eigenvalue weighted by Crippen LogP contribution is -2.36. The Morgan fingerprint density at radius 1 is 0.943 bits per heavy atom. The molecule has 1 aliphatic heterocycles. The molecule has 1 amide bonds. The second kappa shape index (κ2) is 9.30. The number of hydrogen-bond acceptors (Lipinski definition) is 3. The molecule has 1 aliphatic rings. The minimum Gasteiger partial charge on any atom is -0.348 e. The highest BCUT2D eigenvalue weighted by Crippen LogP contribution is 2.33. The van der Waals surface area contributed by atoms with E-state index in [0.717, 1.165) is 16.5 Å². The van der Waals surface area contributed by atoms with Gasteiger partial charge >= 0.3 is 0 Å². The first-order valence-corrected chi connectivity index (χ1v) is 11.9. The smallest absolute Gasteiger partial charge is 0.253 e. The molecular weight excluding hydrogens is 430 g/mol. The van der Waals surface area contributed by atoms with Gasteiger partial charge in [-0.1, -0.05) is 78.7 Å². The lowest BCUT2D eigenvalue weighted by Gasteiger charge is -2.31. The highest BCUT2D eigenvalue weighted by Gasteiger charge is 2.33. The topological polar surface area (TPSA) is 54.4 Å². The van der Waals surface area contributed by atoms with Gasteiger partial charge in [-0.05, 0) is 53.9 Å². The van der Waals surface area contributed by atoms with Crippen LogP contribution in [0.4, 0.5) is 0 Å². The number of nitrogens with one attached hydrogen (secondary N) is 1. The maximum atomic E-state index is 13.6. The number of pyridine rings is 1. The van der Waals surface area contributed by atoms with Gasteiger partial charge in [0.15, 0.2) is 0 Å². The summed E-state index contributed by atoms with van der Waals surface area (Å²) >= 11 is 0. The molecule has 0 saturated heterocycles. The Bertz CT molecular complexity index is 1450. The van der Waals surface area contributed by atoms with Crippen molar-refractivity contribution in [3.63, 3.8) is 0 Å². The monoisotopic (exact) mass is 459 g/mol. The van der Waals surface area contributed by atoms with Gasteiger partial charge in [0.2, 0.25) is 0 Å². The van der Waals surface area contributed by atoms with E-state index in [1.807, 2.05) is 24.3 Å². The number of amides is 1. The largest absolute Gasteiger partial charge is 0.348 e. The molecule has 0 bridgehead atoms. The number of carbonyl (C=O) groups is 1. The summed E-state index contributed by atoms with van der Waals surface area (Å²) in [4.78, 5) is 22.8. The molecule has 1 unspecified atom stereocenters. The average molecular weight is 460 g/mol. The van der Waals surface area contributed by atoms with Gasteiger partial charge in [0, 0.05) is 29.9 Å². The molecule has 1 N–H and O–H groups in total. The molecule has 4 aromatic rings. The predicted molar refractivity (Wildman–Crippen MR) is 143 cm³/mol. The molecule has 0 aliphatic carbocycles. The molecule has 3 aromatic carbocycles. The van der Waals surface area contributed by atoms with E-state index in [-0.39, 0.29) is 11.3 Å². The van der Waals surface area contributed by atoms with Crippen molar-refractivity contribution >= 4 is 22.4 Å². The highest BCUT2D eigenvalue weighted by atomic mass is 16.1. The van der Waals surface area contributed by atoms with Crippen LogP contribution in [0.25, 0.3) is 10.8 Å². The molecule has 174 valence electrons. The number of nitrogens with zero attached hydrogens (tertiary/aromatic N) is 2. The van der Waals surface area contributed by atoms with Crippen molar-refractivity contribution in [3.05, 3.63) is 125 Å².